The van der Waals surface area contributed by atoms with Gasteiger partial charge in [0.15, 0.2) is 5.60 Å². The Labute approximate surface area is 201 Å². The molecule has 1 heterocycles. The number of likely N-dealkylation sites (tertiary alicyclic amines) is 1. The summed E-state index contributed by atoms with van der Waals surface area (Å²) >= 11 is 0. The van der Waals surface area contributed by atoms with Crippen molar-refractivity contribution < 1.29 is 29.3 Å². The molecule has 0 radical (unpaired) electrons. The van der Waals surface area contributed by atoms with E-state index in [2.05, 4.69) is 5.32 Å². The van der Waals surface area contributed by atoms with Gasteiger partial charge in [0.2, 0.25) is 5.91 Å². The number of benzene rings is 3. The maximum atomic E-state index is 13.1. The monoisotopic (exact) mass is 472 g/mol. The highest BCUT2D eigenvalue weighted by Gasteiger charge is 2.51. The van der Waals surface area contributed by atoms with E-state index in [0.717, 1.165) is 22.3 Å². The Kier molecular flexibility index (Phi) is 5.74. The van der Waals surface area contributed by atoms with Gasteiger partial charge in [-0.3, -0.25) is 4.79 Å². The summed E-state index contributed by atoms with van der Waals surface area (Å²) in [6.45, 7) is -0.605. The van der Waals surface area contributed by atoms with Gasteiger partial charge < -0.3 is 25.2 Å². The van der Waals surface area contributed by atoms with Crippen molar-refractivity contribution in [3.8, 4) is 11.1 Å². The van der Waals surface area contributed by atoms with Crippen molar-refractivity contribution in [2.75, 3.05) is 19.7 Å². The molecule has 1 saturated heterocycles. The smallest absolute Gasteiger partial charge is 0.408 e. The fourth-order valence-electron chi connectivity index (χ4n) is 4.75. The number of carboxylic acids is 1. The van der Waals surface area contributed by atoms with Gasteiger partial charge in [-0.2, -0.15) is 0 Å². The van der Waals surface area contributed by atoms with Gasteiger partial charge in [-0.1, -0.05) is 78.9 Å². The molecular formula is C27H24N2O6. The summed E-state index contributed by atoms with van der Waals surface area (Å²) in [6, 6.07) is 23.5. The van der Waals surface area contributed by atoms with E-state index < -0.39 is 29.6 Å². The summed E-state index contributed by atoms with van der Waals surface area (Å²) in [4.78, 5) is 38.3. The number of amides is 2. The molecule has 0 aromatic heterocycles. The van der Waals surface area contributed by atoms with Crippen molar-refractivity contribution >= 4 is 18.0 Å². The van der Waals surface area contributed by atoms with Gasteiger partial charge in [0.25, 0.3) is 0 Å². The van der Waals surface area contributed by atoms with Crippen LogP contribution in [0.1, 0.15) is 28.7 Å². The molecule has 1 atom stereocenters. The predicted octanol–water partition coefficient (Wildman–Crippen LogP) is 2.92. The molecule has 1 fully saturated rings. The average molecular weight is 472 g/mol. The van der Waals surface area contributed by atoms with E-state index in [1.54, 1.807) is 30.3 Å². The normalized spacial score (nSPS) is 16.4. The van der Waals surface area contributed by atoms with Crippen LogP contribution in [0.5, 0.6) is 0 Å². The van der Waals surface area contributed by atoms with E-state index in [0.29, 0.717) is 5.56 Å². The number of β-amino-alcohol motifs (C(OH)–C–C–N with tert-alkyl or cyclic N) is 1. The highest BCUT2D eigenvalue weighted by atomic mass is 16.5. The molecule has 2 amide bonds. The Morgan fingerprint density at radius 3 is 2.03 bits per heavy atom. The van der Waals surface area contributed by atoms with Gasteiger partial charge in [-0.05, 0) is 27.8 Å². The first kappa shape index (κ1) is 22.6. The van der Waals surface area contributed by atoms with Crippen LogP contribution >= 0.6 is 0 Å². The molecule has 0 spiro atoms. The Morgan fingerprint density at radius 2 is 1.46 bits per heavy atom. The summed E-state index contributed by atoms with van der Waals surface area (Å²) in [5.41, 5.74) is 2.92. The Balaban J connectivity index is 1.30. The molecule has 8 heteroatoms. The van der Waals surface area contributed by atoms with Gasteiger partial charge in [0, 0.05) is 5.92 Å². The van der Waals surface area contributed by atoms with Crippen molar-refractivity contribution in [1.29, 1.82) is 0 Å². The summed E-state index contributed by atoms with van der Waals surface area (Å²) < 4.78 is 5.59. The molecule has 35 heavy (non-hydrogen) atoms. The van der Waals surface area contributed by atoms with Crippen molar-refractivity contribution in [1.82, 2.24) is 10.2 Å². The molecule has 2 aliphatic rings. The number of carboxylic acid groups (broad SMARTS) is 1. The van der Waals surface area contributed by atoms with Crippen molar-refractivity contribution in [3.05, 3.63) is 95.6 Å². The van der Waals surface area contributed by atoms with Crippen LogP contribution in [-0.4, -0.2) is 58.4 Å². The number of hydrogen-bond donors (Lipinski definition) is 3. The molecule has 178 valence electrons. The third kappa shape index (κ3) is 4.13. The first-order chi connectivity index (χ1) is 16.9. The molecule has 1 aliphatic heterocycles. The lowest BCUT2D eigenvalue weighted by Crippen LogP contribution is -2.68. The second-order valence-corrected chi connectivity index (χ2v) is 8.84. The SMILES string of the molecule is O=C(NC(C(=O)N1CC(O)(C(=O)O)C1)c1ccccc1)OCC1c2ccccc2-c2ccccc21. The molecule has 0 saturated carbocycles. The number of alkyl carbamates (subject to hydrolysis) is 1. The summed E-state index contributed by atoms with van der Waals surface area (Å²) in [5.74, 6) is -2.03. The molecule has 3 N–H and O–H groups in total. The van der Waals surface area contributed by atoms with Crippen molar-refractivity contribution in [2.45, 2.75) is 17.6 Å². The van der Waals surface area contributed by atoms with Gasteiger partial charge in [0.05, 0.1) is 13.1 Å². The maximum Gasteiger partial charge on any atom is 0.408 e. The van der Waals surface area contributed by atoms with Crippen LogP contribution in [0.3, 0.4) is 0 Å². The number of nitrogens with one attached hydrogen (secondary N) is 1. The van der Waals surface area contributed by atoms with Crippen LogP contribution in [0.15, 0.2) is 78.9 Å². The largest absolute Gasteiger partial charge is 0.479 e. The molecule has 5 rings (SSSR count). The molecule has 3 aromatic carbocycles. The van der Waals surface area contributed by atoms with Crippen LogP contribution in [0.2, 0.25) is 0 Å². The van der Waals surface area contributed by atoms with E-state index >= 15 is 0 Å². The van der Waals surface area contributed by atoms with Gasteiger partial charge in [-0.15, -0.1) is 0 Å². The minimum absolute atomic E-state index is 0.0953. The number of fused-ring (bicyclic) bond motifs is 3. The topological polar surface area (TPSA) is 116 Å². The van der Waals surface area contributed by atoms with E-state index in [1.165, 1.54) is 4.90 Å². The first-order valence-corrected chi connectivity index (χ1v) is 11.3. The summed E-state index contributed by atoms with van der Waals surface area (Å²) in [6.07, 6.45) is -0.761. The van der Waals surface area contributed by atoms with Crippen LogP contribution in [-0.2, 0) is 14.3 Å². The Morgan fingerprint density at radius 1 is 0.914 bits per heavy atom. The second-order valence-electron chi connectivity index (χ2n) is 8.84. The van der Waals surface area contributed by atoms with E-state index in [9.17, 15) is 19.5 Å². The molecule has 1 aliphatic carbocycles. The number of carbonyl (C=O) groups is 3. The van der Waals surface area contributed by atoms with Gasteiger partial charge >= 0.3 is 12.1 Å². The first-order valence-electron chi connectivity index (χ1n) is 11.3. The zero-order valence-electron chi connectivity index (χ0n) is 18.8. The number of carbonyl (C=O) groups excluding carboxylic acids is 2. The average Bonchev–Trinajstić information content (AvgIpc) is 3.18. The molecular weight excluding hydrogens is 448 g/mol. The minimum atomic E-state index is -1.97. The predicted molar refractivity (Wildman–Crippen MR) is 127 cm³/mol. The number of hydrogen-bond acceptors (Lipinski definition) is 5. The number of nitrogens with zero attached hydrogens (tertiary/aromatic N) is 1. The Bertz CT molecular complexity index is 1240. The zero-order valence-corrected chi connectivity index (χ0v) is 18.8. The minimum Gasteiger partial charge on any atom is -0.479 e. The number of rotatable bonds is 6. The van der Waals surface area contributed by atoms with Crippen LogP contribution in [0.25, 0.3) is 11.1 Å². The molecule has 1 unspecified atom stereocenters. The summed E-state index contributed by atoms with van der Waals surface area (Å²) in [5, 5.41) is 21.8. The highest BCUT2D eigenvalue weighted by Crippen LogP contribution is 2.44. The van der Waals surface area contributed by atoms with Crippen LogP contribution in [0, 0.1) is 0 Å². The van der Waals surface area contributed by atoms with Crippen molar-refractivity contribution in [3.63, 3.8) is 0 Å². The molecule has 0 bridgehead atoms. The maximum absolute atomic E-state index is 13.1. The van der Waals surface area contributed by atoms with E-state index in [4.69, 9.17) is 9.84 Å². The number of aliphatic hydroxyl groups is 1. The highest BCUT2D eigenvalue weighted by molar-refractivity contribution is 5.90. The third-order valence-electron chi connectivity index (χ3n) is 6.60. The zero-order chi connectivity index (χ0) is 24.6. The number of aliphatic carboxylic acids is 1. The third-order valence-corrected chi connectivity index (χ3v) is 6.60. The lowest BCUT2D eigenvalue weighted by Gasteiger charge is -2.44. The van der Waals surface area contributed by atoms with Crippen LogP contribution < -0.4 is 5.32 Å². The quantitative estimate of drug-likeness (QED) is 0.508. The fourth-order valence-corrected chi connectivity index (χ4v) is 4.75. The fraction of sp³-hybridized carbons (Fsp3) is 0.222. The Hall–Kier alpha value is -4.17. The van der Waals surface area contributed by atoms with E-state index in [-0.39, 0.29) is 25.6 Å². The second kappa shape index (κ2) is 8.88. The standard InChI is InChI=1S/C27H24N2O6/c30-24(29-15-27(34,16-29)25(31)32)23(17-8-2-1-3-9-17)28-26(33)35-14-22-20-12-6-4-10-18(20)19-11-5-7-13-21(19)22/h1-13,22-23,34H,14-16H2,(H,28,33)(H,31,32). The lowest BCUT2D eigenvalue weighted by molar-refractivity contribution is -0.182. The lowest BCUT2D eigenvalue weighted by atomic mass is 9.92. The van der Waals surface area contributed by atoms with Gasteiger partial charge in [0.1, 0.15) is 12.6 Å². The molecule has 3 aromatic rings. The molecule has 8 nitrogen and oxygen atoms in total. The van der Waals surface area contributed by atoms with Gasteiger partial charge in [-0.25, -0.2) is 9.59 Å². The van der Waals surface area contributed by atoms with E-state index in [1.807, 2.05) is 48.5 Å². The van der Waals surface area contributed by atoms with Crippen molar-refractivity contribution in [2.24, 2.45) is 0 Å². The van der Waals surface area contributed by atoms with Crippen LogP contribution in [0.4, 0.5) is 4.79 Å². The number of ether oxygens (including phenoxy) is 1. The summed E-state index contributed by atoms with van der Waals surface area (Å²) in [7, 11) is 0.